The van der Waals surface area contributed by atoms with Gasteiger partial charge in [-0.2, -0.15) is 5.26 Å². The molecule has 1 rings (SSSR count). The second kappa shape index (κ2) is 5.56. The molecule has 0 saturated heterocycles. The van der Waals surface area contributed by atoms with E-state index in [9.17, 15) is 4.79 Å². The fraction of sp³-hybridized carbons (Fsp3) is 0.167. The molecule has 0 aliphatic rings. The van der Waals surface area contributed by atoms with E-state index in [-0.39, 0.29) is 5.57 Å². The SMILES string of the molecule is CCn1ccc(C=CC=C(C#N)C(=O)O)c1. The van der Waals surface area contributed by atoms with Crippen LogP contribution in [0.5, 0.6) is 0 Å². The van der Waals surface area contributed by atoms with Crippen molar-refractivity contribution in [1.82, 2.24) is 4.57 Å². The minimum atomic E-state index is -1.21. The fourth-order valence-corrected chi connectivity index (χ4v) is 1.17. The first-order valence-corrected chi connectivity index (χ1v) is 4.85. The van der Waals surface area contributed by atoms with Gasteiger partial charge in [0.2, 0.25) is 0 Å². The van der Waals surface area contributed by atoms with E-state index in [0.717, 1.165) is 12.1 Å². The van der Waals surface area contributed by atoms with E-state index in [4.69, 9.17) is 10.4 Å². The Bertz CT molecular complexity index is 475. The molecule has 0 amide bonds. The lowest BCUT2D eigenvalue weighted by Crippen LogP contribution is -1.96. The highest BCUT2D eigenvalue weighted by atomic mass is 16.4. The van der Waals surface area contributed by atoms with Crippen molar-refractivity contribution in [3.05, 3.63) is 41.7 Å². The second-order valence-electron chi connectivity index (χ2n) is 3.13. The van der Waals surface area contributed by atoms with Crippen molar-refractivity contribution in [1.29, 1.82) is 5.26 Å². The highest BCUT2D eigenvalue weighted by Crippen LogP contribution is 2.04. The van der Waals surface area contributed by atoms with Gasteiger partial charge in [-0.25, -0.2) is 4.79 Å². The molecule has 0 bridgehead atoms. The monoisotopic (exact) mass is 216 g/mol. The van der Waals surface area contributed by atoms with Crippen LogP contribution in [0.3, 0.4) is 0 Å². The third kappa shape index (κ3) is 3.14. The fourth-order valence-electron chi connectivity index (χ4n) is 1.17. The van der Waals surface area contributed by atoms with Gasteiger partial charge in [0.15, 0.2) is 0 Å². The summed E-state index contributed by atoms with van der Waals surface area (Å²) < 4.78 is 2.01. The zero-order valence-electron chi connectivity index (χ0n) is 8.92. The van der Waals surface area contributed by atoms with E-state index >= 15 is 0 Å². The van der Waals surface area contributed by atoms with Crippen LogP contribution in [-0.4, -0.2) is 15.6 Å². The van der Waals surface area contributed by atoms with Gasteiger partial charge in [-0.3, -0.25) is 0 Å². The highest BCUT2D eigenvalue weighted by molar-refractivity contribution is 5.91. The van der Waals surface area contributed by atoms with Crippen LogP contribution >= 0.6 is 0 Å². The summed E-state index contributed by atoms with van der Waals surface area (Å²) in [5.41, 5.74) is 0.701. The predicted octanol–water partition coefficient (Wildman–Crippen LogP) is 2.06. The van der Waals surface area contributed by atoms with Crippen LogP contribution < -0.4 is 0 Å². The number of aliphatic carboxylic acids is 1. The third-order valence-corrected chi connectivity index (χ3v) is 2.04. The van der Waals surface area contributed by atoms with Gasteiger partial charge < -0.3 is 9.67 Å². The van der Waals surface area contributed by atoms with Crippen LogP contribution in [0.25, 0.3) is 6.08 Å². The lowest BCUT2D eigenvalue weighted by Gasteiger charge is -1.91. The van der Waals surface area contributed by atoms with Crippen molar-refractivity contribution in [2.75, 3.05) is 0 Å². The van der Waals surface area contributed by atoms with Crippen LogP contribution in [0.4, 0.5) is 0 Å². The number of aryl methyl sites for hydroxylation is 1. The molecule has 82 valence electrons. The van der Waals surface area contributed by atoms with E-state index in [1.54, 1.807) is 18.2 Å². The van der Waals surface area contributed by atoms with Crippen molar-refractivity contribution in [3.8, 4) is 6.07 Å². The summed E-state index contributed by atoms with van der Waals surface area (Å²) >= 11 is 0. The summed E-state index contributed by atoms with van der Waals surface area (Å²) in [6.45, 7) is 2.92. The summed E-state index contributed by atoms with van der Waals surface area (Å²) in [4.78, 5) is 10.5. The molecule has 0 atom stereocenters. The molecule has 0 aliphatic carbocycles. The van der Waals surface area contributed by atoms with Gasteiger partial charge in [0.05, 0.1) is 0 Å². The summed E-state index contributed by atoms with van der Waals surface area (Å²) in [6.07, 6.45) is 8.48. The highest BCUT2D eigenvalue weighted by Gasteiger charge is 2.02. The summed E-state index contributed by atoms with van der Waals surface area (Å²) in [5, 5.41) is 17.1. The molecule has 0 unspecified atom stereocenters. The number of rotatable bonds is 4. The van der Waals surface area contributed by atoms with Crippen LogP contribution in [0, 0.1) is 11.3 Å². The Kier molecular flexibility index (Phi) is 4.10. The van der Waals surface area contributed by atoms with Crippen LogP contribution in [0.1, 0.15) is 12.5 Å². The average Bonchev–Trinajstić information content (AvgIpc) is 2.71. The Balaban J connectivity index is 2.74. The molecule has 16 heavy (non-hydrogen) atoms. The molecule has 4 heteroatoms. The smallest absolute Gasteiger partial charge is 0.346 e. The molecule has 1 N–H and O–H groups in total. The Labute approximate surface area is 93.7 Å². The largest absolute Gasteiger partial charge is 0.477 e. The molecular weight excluding hydrogens is 204 g/mol. The predicted molar refractivity (Wildman–Crippen MR) is 60.5 cm³/mol. The molecule has 1 aromatic rings. The minimum absolute atomic E-state index is 0.272. The number of nitriles is 1. The van der Waals surface area contributed by atoms with Gasteiger partial charge in [0, 0.05) is 18.9 Å². The number of carboxylic acids is 1. The van der Waals surface area contributed by atoms with Crippen LogP contribution in [0.15, 0.2) is 36.2 Å². The normalized spacial score (nSPS) is 11.6. The van der Waals surface area contributed by atoms with E-state index in [1.165, 1.54) is 6.08 Å². The lowest BCUT2D eigenvalue weighted by molar-refractivity contribution is -0.132. The Morgan fingerprint density at radius 2 is 2.44 bits per heavy atom. The minimum Gasteiger partial charge on any atom is -0.477 e. The summed E-state index contributed by atoms with van der Waals surface area (Å²) in [7, 11) is 0. The number of carboxylic acid groups (broad SMARTS) is 1. The van der Waals surface area contributed by atoms with Gasteiger partial charge in [0.1, 0.15) is 11.6 Å². The van der Waals surface area contributed by atoms with Crippen molar-refractivity contribution in [2.45, 2.75) is 13.5 Å². The topological polar surface area (TPSA) is 66.0 Å². The van der Waals surface area contributed by atoms with E-state index in [0.29, 0.717) is 0 Å². The van der Waals surface area contributed by atoms with Crippen molar-refractivity contribution >= 4 is 12.0 Å². The van der Waals surface area contributed by atoms with Gasteiger partial charge in [-0.1, -0.05) is 12.2 Å². The number of hydrogen-bond donors (Lipinski definition) is 1. The molecule has 0 saturated carbocycles. The maximum absolute atomic E-state index is 10.5. The number of carbonyl (C=O) groups is 1. The van der Waals surface area contributed by atoms with Crippen molar-refractivity contribution < 1.29 is 9.90 Å². The van der Waals surface area contributed by atoms with Gasteiger partial charge >= 0.3 is 5.97 Å². The average molecular weight is 216 g/mol. The molecule has 0 aromatic carbocycles. The molecular formula is C12H12N2O2. The zero-order chi connectivity index (χ0) is 12.0. The Morgan fingerprint density at radius 3 is 2.94 bits per heavy atom. The Morgan fingerprint density at radius 1 is 1.69 bits per heavy atom. The second-order valence-corrected chi connectivity index (χ2v) is 3.13. The summed E-state index contributed by atoms with van der Waals surface area (Å²) in [6, 6.07) is 3.53. The van der Waals surface area contributed by atoms with Crippen LogP contribution in [0.2, 0.25) is 0 Å². The zero-order valence-corrected chi connectivity index (χ0v) is 8.92. The van der Waals surface area contributed by atoms with Crippen LogP contribution in [-0.2, 0) is 11.3 Å². The lowest BCUT2D eigenvalue weighted by atomic mass is 10.2. The van der Waals surface area contributed by atoms with Crippen molar-refractivity contribution in [3.63, 3.8) is 0 Å². The van der Waals surface area contributed by atoms with E-state index in [2.05, 4.69) is 0 Å². The summed E-state index contributed by atoms with van der Waals surface area (Å²) in [5.74, 6) is -1.21. The maximum atomic E-state index is 10.5. The molecule has 0 aliphatic heterocycles. The van der Waals surface area contributed by atoms with Gasteiger partial charge in [0.25, 0.3) is 0 Å². The quantitative estimate of drug-likeness (QED) is 0.476. The molecule has 0 spiro atoms. The number of allylic oxidation sites excluding steroid dienone is 2. The maximum Gasteiger partial charge on any atom is 0.346 e. The first-order chi connectivity index (χ1) is 7.67. The van der Waals surface area contributed by atoms with Crippen molar-refractivity contribution in [2.24, 2.45) is 0 Å². The van der Waals surface area contributed by atoms with Gasteiger partial charge in [-0.15, -0.1) is 0 Å². The van der Waals surface area contributed by atoms with Gasteiger partial charge in [-0.05, 0) is 24.6 Å². The number of aromatic nitrogens is 1. The molecule has 4 nitrogen and oxygen atoms in total. The first kappa shape index (κ1) is 11.8. The Hall–Kier alpha value is -2.28. The molecule has 1 aromatic heterocycles. The first-order valence-electron chi connectivity index (χ1n) is 4.85. The number of hydrogen-bond acceptors (Lipinski definition) is 2. The molecule has 0 fully saturated rings. The molecule has 0 radical (unpaired) electrons. The van der Waals surface area contributed by atoms with E-state index in [1.807, 2.05) is 30.0 Å². The standard InChI is InChI=1S/C12H12N2O2/c1-2-14-7-6-10(9-14)4-3-5-11(8-13)12(15)16/h3-7,9H,2H2,1H3,(H,15,16). The van der Waals surface area contributed by atoms with E-state index < -0.39 is 5.97 Å². The molecule has 1 heterocycles. The third-order valence-electron chi connectivity index (χ3n) is 2.04. The number of nitrogens with zero attached hydrogens (tertiary/aromatic N) is 2.